The summed E-state index contributed by atoms with van der Waals surface area (Å²) in [7, 11) is 0. The van der Waals surface area contributed by atoms with E-state index in [-0.39, 0.29) is 17.9 Å². The summed E-state index contributed by atoms with van der Waals surface area (Å²) in [6.07, 6.45) is 5.30. The van der Waals surface area contributed by atoms with Crippen LogP contribution < -0.4 is 11.1 Å². The Morgan fingerprint density at radius 2 is 1.89 bits per heavy atom. The lowest BCUT2D eigenvalue weighted by atomic mass is 9.83. The molecule has 0 rings (SSSR count). The molecule has 1 atom stereocenters. The summed E-state index contributed by atoms with van der Waals surface area (Å²) in [5.41, 5.74) is 5.40. The van der Waals surface area contributed by atoms with Gasteiger partial charge in [-0.1, -0.05) is 27.2 Å². The molecule has 1 unspecified atom stereocenters. The summed E-state index contributed by atoms with van der Waals surface area (Å²) in [6, 6.07) is 0. The number of aliphatic hydroxyl groups is 1. The van der Waals surface area contributed by atoms with Gasteiger partial charge in [0.05, 0.1) is 6.61 Å². The molecular formula is C15H32N2O2. The van der Waals surface area contributed by atoms with E-state index in [1.54, 1.807) is 0 Å². The molecule has 0 aliphatic rings. The quantitative estimate of drug-likeness (QED) is 0.539. The molecule has 114 valence electrons. The van der Waals surface area contributed by atoms with Gasteiger partial charge in [0.25, 0.3) is 0 Å². The van der Waals surface area contributed by atoms with Gasteiger partial charge >= 0.3 is 0 Å². The fourth-order valence-electron chi connectivity index (χ4n) is 2.28. The number of amides is 1. The maximum absolute atomic E-state index is 11.8. The highest BCUT2D eigenvalue weighted by Gasteiger charge is 2.25. The van der Waals surface area contributed by atoms with Gasteiger partial charge in [-0.15, -0.1) is 0 Å². The lowest BCUT2D eigenvalue weighted by molar-refractivity contribution is -0.122. The molecule has 4 heteroatoms. The van der Waals surface area contributed by atoms with Crippen LogP contribution in [0.15, 0.2) is 0 Å². The second-order valence-electron chi connectivity index (χ2n) is 5.53. The number of aliphatic hydroxyl groups excluding tert-OH is 1. The Bertz CT molecular complexity index is 232. The van der Waals surface area contributed by atoms with Crippen molar-refractivity contribution >= 4 is 5.91 Å². The van der Waals surface area contributed by atoms with Gasteiger partial charge in [0, 0.05) is 18.4 Å². The highest BCUT2D eigenvalue weighted by atomic mass is 16.3. The molecule has 0 fully saturated rings. The van der Waals surface area contributed by atoms with E-state index < -0.39 is 0 Å². The predicted octanol–water partition coefficient (Wildman–Crippen LogP) is 2.06. The van der Waals surface area contributed by atoms with Crippen LogP contribution in [0.4, 0.5) is 0 Å². The highest BCUT2D eigenvalue weighted by molar-refractivity contribution is 5.75. The molecule has 0 heterocycles. The predicted molar refractivity (Wildman–Crippen MR) is 79.8 cm³/mol. The molecule has 0 saturated carbocycles. The van der Waals surface area contributed by atoms with Crippen molar-refractivity contribution in [2.45, 2.75) is 59.3 Å². The summed E-state index contributed by atoms with van der Waals surface area (Å²) < 4.78 is 0. The number of carbonyl (C=O) groups excluding carboxylic acids is 1. The number of hydrogen-bond donors (Lipinski definition) is 3. The van der Waals surface area contributed by atoms with Crippen LogP contribution in [0, 0.1) is 11.3 Å². The van der Waals surface area contributed by atoms with Gasteiger partial charge in [0.1, 0.15) is 0 Å². The number of hydrogen-bond acceptors (Lipinski definition) is 3. The molecule has 0 spiro atoms. The van der Waals surface area contributed by atoms with Gasteiger partial charge in [-0.3, -0.25) is 4.79 Å². The highest BCUT2D eigenvalue weighted by Crippen LogP contribution is 2.24. The summed E-state index contributed by atoms with van der Waals surface area (Å²) in [5.74, 6) is 0.644. The minimum atomic E-state index is -0.156. The zero-order chi connectivity index (χ0) is 14.7. The van der Waals surface area contributed by atoms with E-state index in [2.05, 4.69) is 26.1 Å². The van der Waals surface area contributed by atoms with E-state index in [1.807, 2.05) is 0 Å². The topological polar surface area (TPSA) is 75.4 Å². The van der Waals surface area contributed by atoms with Gasteiger partial charge in [0.2, 0.25) is 5.91 Å². The van der Waals surface area contributed by atoms with Gasteiger partial charge in [-0.05, 0) is 38.1 Å². The zero-order valence-electron chi connectivity index (χ0n) is 12.9. The molecular weight excluding hydrogens is 240 g/mol. The van der Waals surface area contributed by atoms with Crippen LogP contribution in [-0.4, -0.2) is 30.7 Å². The normalized spacial score (nSPS) is 13.3. The lowest BCUT2D eigenvalue weighted by Crippen LogP contribution is -2.39. The van der Waals surface area contributed by atoms with Crippen molar-refractivity contribution in [3.05, 3.63) is 0 Å². The number of nitrogens with one attached hydrogen (secondary N) is 1. The lowest BCUT2D eigenvalue weighted by Gasteiger charge is -2.29. The average Bonchev–Trinajstić information content (AvgIpc) is 2.45. The van der Waals surface area contributed by atoms with Crippen LogP contribution in [-0.2, 0) is 4.79 Å². The zero-order valence-corrected chi connectivity index (χ0v) is 12.9. The molecule has 0 saturated heterocycles. The third kappa shape index (κ3) is 6.92. The molecule has 0 aromatic carbocycles. The van der Waals surface area contributed by atoms with Gasteiger partial charge < -0.3 is 16.2 Å². The second-order valence-corrected chi connectivity index (χ2v) is 5.53. The van der Waals surface area contributed by atoms with Crippen LogP contribution in [0.25, 0.3) is 0 Å². The van der Waals surface area contributed by atoms with Crippen LogP contribution >= 0.6 is 0 Å². The van der Waals surface area contributed by atoms with Crippen molar-refractivity contribution in [2.75, 3.05) is 19.7 Å². The third-order valence-corrected chi connectivity index (χ3v) is 4.43. The fraction of sp³-hybridized carbons (Fsp3) is 0.933. The van der Waals surface area contributed by atoms with E-state index in [4.69, 9.17) is 5.73 Å². The molecule has 0 aliphatic heterocycles. The number of nitrogens with two attached hydrogens (primary N) is 1. The first kappa shape index (κ1) is 18.4. The largest absolute Gasteiger partial charge is 0.396 e. The van der Waals surface area contributed by atoms with Crippen LogP contribution in [0.5, 0.6) is 0 Å². The Kier molecular flexibility index (Phi) is 9.88. The Hall–Kier alpha value is -0.610. The fourth-order valence-corrected chi connectivity index (χ4v) is 2.28. The Morgan fingerprint density at radius 1 is 1.26 bits per heavy atom. The van der Waals surface area contributed by atoms with E-state index in [0.29, 0.717) is 25.4 Å². The first-order valence-corrected chi connectivity index (χ1v) is 7.65. The monoisotopic (exact) mass is 272 g/mol. The maximum Gasteiger partial charge on any atom is 0.220 e. The SMILES string of the molecule is CCC(CCN)CCC(=O)NCC(CC)(CC)CO. The van der Waals surface area contributed by atoms with Crippen molar-refractivity contribution in [2.24, 2.45) is 17.1 Å². The summed E-state index contributed by atoms with van der Waals surface area (Å²) in [4.78, 5) is 11.8. The summed E-state index contributed by atoms with van der Waals surface area (Å²) in [5, 5.41) is 12.4. The Balaban J connectivity index is 4.04. The van der Waals surface area contributed by atoms with Crippen LogP contribution in [0.3, 0.4) is 0 Å². The molecule has 0 aromatic heterocycles. The van der Waals surface area contributed by atoms with Crippen LogP contribution in [0.1, 0.15) is 59.3 Å². The molecule has 0 aromatic rings. The van der Waals surface area contributed by atoms with E-state index in [1.165, 1.54) is 0 Å². The van der Waals surface area contributed by atoms with Gasteiger partial charge in [-0.2, -0.15) is 0 Å². The molecule has 19 heavy (non-hydrogen) atoms. The Morgan fingerprint density at radius 3 is 2.32 bits per heavy atom. The molecule has 0 bridgehead atoms. The molecule has 4 nitrogen and oxygen atoms in total. The van der Waals surface area contributed by atoms with E-state index in [0.717, 1.165) is 32.1 Å². The van der Waals surface area contributed by atoms with Gasteiger partial charge in [-0.25, -0.2) is 0 Å². The third-order valence-electron chi connectivity index (χ3n) is 4.43. The first-order valence-electron chi connectivity index (χ1n) is 7.65. The number of carbonyl (C=O) groups is 1. The van der Waals surface area contributed by atoms with Crippen molar-refractivity contribution in [1.82, 2.24) is 5.32 Å². The van der Waals surface area contributed by atoms with Crippen LogP contribution in [0.2, 0.25) is 0 Å². The summed E-state index contributed by atoms with van der Waals surface area (Å²) in [6.45, 7) is 7.65. The van der Waals surface area contributed by atoms with Crippen molar-refractivity contribution < 1.29 is 9.90 Å². The maximum atomic E-state index is 11.8. The molecule has 0 aliphatic carbocycles. The van der Waals surface area contributed by atoms with Crippen molar-refractivity contribution in [3.63, 3.8) is 0 Å². The average molecular weight is 272 g/mol. The van der Waals surface area contributed by atoms with Crippen molar-refractivity contribution in [3.8, 4) is 0 Å². The van der Waals surface area contributed by atoms with E-state index >= 15 is 0 Å². The van der Waals surface area contributed by atoms with E-state index in [9.17, 15) is 9.90 Å². The molecule has 4 N–H and O–H groups in total. The first-order chi connectivity index (χ1) is 9.07. The van der Waals surface area contributed by atoms with Crippen molar-refractivity contribution in [1.29, 1.82) is 0 Å². The minimum absolute atomic E-state index is 0.0928. The minimum Gasteiger partial charge on any atom is -0.396 e. The van der Waals surface area contributed by atoms with Gasteiger partial charge in [0.15, 0.2) is 0 Å². The smallest absolute Gasteiger partial charge is 0.220 e. The molecule has 1 amide bonds. The second kappa shape index (κ2) is 10.2. The standard InChI is InChI=1S/C15H32N2O2/c1-4-13(9-10-16)7-8-14(19)17-11-15(5-2,6-3)12-18/h13,18H,4-12,16H2,1-3H3,(H,17,19). The number of rotatable bonds is 11. The Labute approximate surface area is 118 Å². The summed E-state index contributed by atoms with van der Waals surface area (Å²) >= 11 is 0. The molecule has 0 radical (unpaired) electrons.